The average Bonchev–Trinajstić information content (AvgIpc) is 2.13. The van der Waals surface area contributed by atoms with Gasteiger partial charge in [-0.15, -0.1) is 0 Å². The molecule has 4 N–H and O–H groups in total. The van der Waals surface area contributed by atoms with Gasteiger partial charge >= 0.3 is 13.8 Å². The lowest BCUT2D eigenvalue weighted by Crippen LogP contribution is -2.15. The fourth-order valence-electron chi connectivity index (χ4n) is 0.213. The molecule has 0 aliphatic rings. The van der Waals surface area contributed by atoms with Crippen molar-refractivity contribution < 1.29 is 43.5 Å². The van der Waals surface area contributed by atoms with Gasteiger partial charge in [0.25, 0.3) is 0 Å². The van der Waals surface area contributed by atoms with Crippen molar-refractivity contribution in [2.45, 2.75) is 13.0 Å². The number of carbonyl (C=O) groups is 3. The van der Waals surface area contributed by atoms with Gasteiger partial charge in [-0.25, -0.2) is 9.36 Å². The molecule has 0 saturated carbocycles. The van der Waals surface area contributed by atoms with Crippen molar-refractivity contribution in [1.82, 2.24) is 0 Å². The zero-order valence-corrected chi connectivity index (χ0v) is 9.03. The monoisotopic (exact) mass is 258 g/mol. The molecule has 0 saturated heterocycles. The number of carboxylic acids is 1. The Labute approximate surface area is 89.9 Å². The second kappa shape index (κ2) is 8.08. The fraction of sp³-hybridized carbons (Fsp3) is 0.500. The minimum Gasteiger partial charge on any atom is -0.476 e. The maximum atomic E-state index is 9.90. The van der Waals surface area contributed by atoms with E-state index in [0.29, 0.717) is 0 Å². The van der Waals surface area contributed by atoms with Gasteiger partial charge in [0.1, 0.15) is 6.10 Å². The summed E-state index contributed by atoms with van der Waals surface area (Å²) in [5.74, 6) is -2.20. The summed E-state index contributed by atoms with van der Waals surface area (Å²) in [6, 6.07) is 0. The summed E-state index contributed by atoms with van der Waals surface area (Å²) < 4.78 is 13.7. The van der Waals surface area contributed by atoms with Crippen LogP contribution in [-0.4, -0.2) is 50.7 Å². The SMILES string of the molecule is CC(=O)C(=O)O.O=CC(O)COP(=O)(O)O. The molecular weight excluding hydrogens is 247 g/mol. The van der Waals surface area contributed by atoms with Gasteiger partial charge in [-0.05, 0) is 0 Å². The Balaban J connectivity index is 0. The molecule has 16 heavy (non-hydrogen) atoms. The summed E-state index contributed by atoms with van der Waals surface area (Å²) in [5, 5.41) is 16.0. The van der Waals surface area contributed by atoms with Crippen LogP contribution in [0, 0.1) is 0 Å². The number of hydrogen-bond acceptors (Lipinski definition) is 6. The highest BCUT2D eigenvalue weighted by atomic mass is 31.2. The van der Waals surface area contributed by atoms with Gasteiger partial charge in [-0.2, -0.15) is 0 Å². The van der Waals surface area contributed by atoms with Crippen LogP contribution in [0.4, 0.5) is 0 Å². The normalized spacial score (nSPS) is 12.0. The smallest absolute Gasteiger partial charge is 0.469 e. The minimum atomic E-state index is -4.55. The van der Waals surface area contributed by atoms with E-state index in [2.05, 4.69) is 4.52 Å². The summed E-state index contributed by atoms with van der Waals surface area (Å²) in [4.78, 5) is 44.6. The first-order valence-corrected chi connectivity index (χ1v) is 5.20. The second-order valence-electron chi connectivity index (χ2n) is 2.35. The van der Waals surface area contributed by atoms with Crippen molar-refractivity contribution in [1.29, 1.82) is 0 Å². The molecule has 0 aromatic heterocycles. The van der Waals surface area contributed by atoms with Crippen LogP contribution in [0.5, 0.6) is 0 Å². The number of ketones is 1. The van der Waals surface area contributed by atoms with Gasteiger partial charge in [0.15, 0.2) is 6.29 Å². The highest BCUT2D eigenvalue weighted by Gasteiger charge is 2.15. The molecule has 0 spiro atoms. The lowest BCUT2D eigenvalue weighted by atomic mass is 10.4. The highest BCUT2D eigenvalue weighted by Crippen LogP contribution is 2.35. The van der Waals surface area contributed by atoms with Gasteiger partial charge in [0.05, 0.1) is 6.61 Å². The zero-order valence-electron chi connectivity index (χ0n) is 8.14. The summed E-state index contributed by atoms with van der Waals surface area (Å²) in [5.41, 5.74) is 0. The van der Waals surface area contributed by atoms with E-state index in [-0.39, 0.29) is 6.29 Å². The van der Waals surface area contributed by atoms with Crippen LogP contribution in [0.1, 0.15) is 6.92 Å². The fourth-order valence-corrected chi connectivity index (χ4v) is 0.560. The van der Waals surface area contributed by atoms with Crippen molar-refractivity contribution in [2.75, 3.05) is 6.61 Å². The van der Waals surface area contributed by atoms with Gasteiger partial charge in [-0.1, -0.05) is 0 Å². The third kappa shape index (κ3) is 15.4. The van der Waals surface area contributed by atoms with Crippen LogP contribution in [0.3, 0.4) is 0 Å². The van der Waals surface area contributed by atoms with Crippen LogP contribution >= 0.6 is 7.82 Å². The lowest BCUT2D eigenvalue weighted by Gasteiger charge is -2.04. The molecule has 0 radical (unpaired) electrons. The van der Waals surface area contributed by atoms with E-state index in [9.17, 15) is 18.9 Å². The molecule has 0 aliphatic carbocycles. The molecule has 9 nitrogen and oxygen atoms in total. The maximum absolute atomic E-state index is 9.90. The number of aldehydes is 1. The standard InChI is InChI=1S/C3H7O6P.C3H4O3/c4-1-3(5)2-9-10(6,7)8;1-2(4)3(5)6/h1,3,5H,2H2,(H2,6,7,8);1H3,(H,5,6). The van der Waals surface area contributed by atoms with E-state index in [1.165, 1.54) is 0 Å². The van der Waals surface area contributed by atoms with E-state index >= 15 is 0 Å². The summed E-state index contributed by atoms with van der Waals surface area (Å²) in [6.07, 6.45) is -1.36. The minimum absolute atomic E-state index is 0.121. The Morgan fingerprint density at radius 2 is 1.81 bits per heavy atom. The van der Waals surface area contributed by atoms with Gasteiger partial charge < -0.3 is 24.8 Å². The molecule has 0 aliphatic heterocycles. The number of carboxylic acid groups (broad SMARTS) is 1. The number of phosphoric ester groups is 1. The van der Waals surface area contributed by atoms with E-state index in [0.717, 1.165) is 6.92 Å². The molecule has 0 amide bonds. The van der Waals surface area contributed by atoms with Crippen LogP contribution in [-0.2, 0) is 23.5 Å². The Kier molecular flexibility index (Phi) is 8.73. The molecule has 0 aromatic carbocycles. The first kappa shape index (κ1) is 17.3. The summed E-state index contributed by atoms with van der Waals surface area (Å²) in [6.45, 7) is 0.316. The third-order valence-corrected chi connectivity index (χ3v) is 1.36. The predicted molar refractivity (Wildman–Crippen MR) is 48.4 cm³/mol. The number of Topliss-reactive ketones (excluding diaryl/α,β-unsaturated/α-hetero) is 1. The molecule has 94 valence electrons. The Morgan fingerprint density at radius 1 is 1.44 bits per heavy atom. The second-order valence-corrected chi connectivity index (χ2v) is 3.59. The number of aliphatic carboxylic acids is 1. The highest BCUT2D eigenvalue weighted by molar-refractivity contribution is 7.46. The molecule has 0 bridgehead atoms. The van der Waals surface area contributed by atoms with Crippen molar-refractivity contribution >= 4 is 25.9 Å². The van der Waals surface area contributed by atoms with Crippen molar-refractivity contribution in [3.63, 3.8) is 0 Å². The van der Waals surface area contributed by atoms with Crippen molar-refractivity contribution in [3.8, 4) is 0 Å². The first-order chi connectivity index (χ1) is 7.10. The number of aliphatic hydroxyl groups excluding tert-OH is 1. The molecule has 1 unspecified atom stereocenters. The Hall–Kier alpha value is -1.12. The van der Waals surface area contributed by atoms with Crippen molar-refractivity contribution in [2.24, 2.45) is 0 Å². The molecular formula is C6H11O9P. The van der Waals surface area contributed by atoms with Gasteiger partial charge in [0.2, 0.25) is 5.78 Å². The first-order valence-electron chi connectivity index (χ1n) is 3.67. The van der Waals surface area contributed by atoms with Crippen LogP contribution in [0.25, 0.3) is 0 Å². The van der Waals surface area contributed by atoms with Gasteiger partial charge in [-0.3, -0.25) is 9.32 Å². The third-order valence-electron chi connectivity index (χ3n) is 0.872. The number of phosphoric acid groups is 1. The Bertz CT molecular complexity index is 280. The van der Waals surface area contributed by atoms with Crippen molar-refractivity contribution in [3.05, 3.63) is 0 Å². The molecule has 0 rings (SSSR count). The number of hydrogen-bond donors (Lipinski definition) is 4. The van der Waals surface area contributed by atoms with Crippen LogP contribution < -0.4 is 0 Å². The van der Waals surface area contributed by atoms with Crippen LogP contribution in [0.2, 0.25) is 0 Å². The topological polar surface area (TPSA) is 158 Å². The maximum Gasteiger partial charge on any atom is 0.469 e. The summed E-state index contributed by atoms with van der Waals surface area (Å²) in [7, 11) is -4.55. The zero-order chi connectivity index (χ0) is 13.4. The Morgan fingerprint density at radius 3 is 2.00 bits per heavy atom. The largest absolute Gasteiger partial charge is 0.476 e. The quantitative estimate of drug-likeness (QED) is 0.256. The van der Waals surface area contributed by atoms with E-state index in [1.807, 2.05) is 0 Å². The molecule has 10 heteroatoms. The average molecular weight is 258 g/mol. The summed E-state index contributed by atoms with van der Waals surface area (Å²) >= 11 is 0. The number of carbonyl (C=O) groups excluding carboxylic acids is 2. The number of rotatable bonds is 5. The molecule has 1 atom stereocenters. The van der Waals surface area contributed by atoms with E-state index in [4.69, 9.17) is 20.0 Å². The molecule has 0 aromatic rings. The number of aliphatic hydroxyl groups is 1. The van der Waals surface area contributed by atoms with E-state index in [1.54, 1.807) is 0 Å². The lowest BCUT2D eigenvalue weighted by molar-refractivity contribution is -0.148. The van der Waals surface area contributed by atoms with E-state index < -0.39 is 32.3 Å². The predicted octanol–water partition coefficient (Wildman–Crippen LogP) is -1.68. The molecule has 0 heterocycles. The molecule has 0 fully saturated rings. The van der Waals surface area contributed by atoms with Gasteiger partial charge in [0, 0.05) is 6.92 Å². The van der Waals surface area contributed by atoms with Crippen LogP contribution in [0.15, 0.2) is 0 Å².